The van der Waals surface area contributed by atoms with Crippen LogP contribution >= 0.6 is 0 Å². The molecule has 11 heteroatoms. The number of aromatic nitrogens is 2. The van der Waals surface area contributed by atoms with Crippen LogP contribution in [0.4, 0.5) is 5.69 Å². The van der Waals surface area contributed by atoms with Crippen molar-refractivity contribution in [2.45, 2.75) is 37.1 Å². The smallest absolute Gasteiger partial charge is 0.272 e. The molecule has 2 amide bonds. The molecule has 178 valence electrons. The Morgan fingerprint density at radius 2 is 1.71 bits per heavy atom. The van der Waals surface area contributed by atoms with E-state index in [2.05, 4.69) is 20.8 Å². The molecule has 0 spiro atoms. The van der Waals surface area contributed by atoms with Crippen molar-refractivity contribution in [2.75, 3.05) is 18.4 Å². The molecule has 0 saturated carbocycles. The van der Waals surface area contributed by atoms with E-state index in [-0.39, 0.29) is 47.8 Å². The van der Waals surface area contributed by atoms with Crippen LogP contribution in [-0.2, 0) is 26.0 Å². The summed E-state index contributed by atoms with van der Waals surface area (Å²) in [4.78, 5) is 35.8. The summed E-state index contributed by atoms with van der Waals surface area (Å²) in [7, 11) is -3.67. The highest BCUT2D eigenvalue weighted by Gasteiger charge is 2.30. The summed E-state index contributed by atoms with van der Waals surface area (Å²) in [6.07, 6.45) is 0.972. The molecule has 1 fully saturated rings. The van der Waals surface area contributed by atoms with Crippen LogP contribution in [0.2, 0.25) is 0 Å². The first-order valence-corrected chi connectivity index (χ1v) is 12.3. The Labute approximate surface area is 196 Å². The van der Waals surface area contributed by atoms with Gasteiger partial charge in [0.15, 0.2) is 0 Å². The number of carbonyl (C=O) groups excluding carboxylic acids is 2. The number of piperidine rings is 1. The van der Waals surface area contributed by atoms with Gasteiger partial charge in [-0.05, 0) is 43.2 Å². The predicted octanol–water partition coefficient (Wildman–Crippen LogP) is 1.39. The zero-order chi connectivity index (χ0) is 24.3. The summed E-state index contributed by atoms with van der Waals surface area (Å²) >= 11 is 0. The fourth-order valence-corrected chi connectivity index (χ4v) is 5.51. The first-order valence-electron chi connectivity index (χ1n) is 10.9. The summed E-state index contributed by atoms with van der Waals surface area (Å²) in [5.41, 5.74) is 0.700. The number of benzene rings is 2. The molecule has 0 unspecified atom stereocenters. The highest BCUT2D eigenvalue weighted by molar-refractivity contribution is 7.89. The van der Waals surface area contributed by atoms with E-state index in [1.165, 1.54) is 23.4 Å². The second kappa shape index (κ2) is 9.74. The summed E-state index contributed by atoms with van der Waals surface area (Å²) in [6, 6.07) is 12.9. The third-order valence-corrected chi connectivity index (χ3v) is 7.65. The monoisotopic (exact) mass is 483 g/mol. The Morgan fingerprint density at radius 1 is 1.06 bits per heavy atom. The maximum absolute atomic E-state index is 13.0. The van der Waals surface area contributed by atoms with Crippen LogP contribution in [0.3, 0.4) is 0 Å². The lowest BCUT2D eigenvalue weighted by Gasteiger charge is -2.31. The number of hydrogen-bond donors (Lipinski definition) is 3. The van der Waals surface area contributed by atoms with Crippen LogP contribution in [0.15, 0.2) is 58.2 Å². The molecule has 34 heavy (non-hydrogen) atoms. The first kappa shape index (κ1) is 23.6. The minimum absolute atomic E-state index is 0.0104. The Kier molecular flexibility index (Phi) is 6.75. The molecule has 10 nitrogen and oxygen atoms in total. The van der Waals surface area contributed by atoms with Crippen molar-refractivity contribution >= 4 is 38.3 Å². The van der Waals surface area contributed by atoms with Crippen molar-refractivity contribution in [1.82, 2.24) is 19.8 Å². The zero-order valence-corrected chi connectivity index (χ0v) is 19.4. The first-order chi connectivity index (χ1) is 16.2. The molecule has 1 aromatic heterocycles. The molecule has 3 aromatic rings. The zero-order valence-electron chi connectivity index (χ0n) is 18.6. The van der Waals surface area contributed by atoms with E-state index in [1.807, 2.05) is 0 Å². The van der Waals surface area contributed by atoms with Crippen LogP contribution in [0.25, 0.3) is 10.8 Å². The lowest BCUT2D eigenvalue weighted by atomic mass is 10.1. The summed E-state index contributed by atoms with van der Waals surface area (Å²) < 4.78 is 27.3. The third-order valence-electron chi connectivity index (χ3n) is 5.73. The number of anilines is 1. The van der Waals surface area contributed by atoms with E-state index in [0.29, 0.717) is 35.0 Å². The number of rotatable bonds is 6. The molecule has 0 bridgehead atoms. The number of sulfonamides is 1. The Bertz CT molecular complexity index is 1380. The van der Waals surface area contributed by atoms with Gasteiger partial charge in [-0.3, -0.25) is 14.4 Å². The molecule has 0 atom stereocenters. The van der Waals surface area contributed by atoms with Gasteiger partial charge in [-0.15, -0.1) is 0 Å². The van der Waals surface area contributed by atoms with Gasteiger partial charge in [0.25, 0.3) is 5.56 Å². The van der Waals surface area contributed by atoms with Crippen LogP contribution in [0, 0.1) is 0 Å². The van der Waals surface area contributed by atoms with Gasteiger partial charge in [0.05, 0.1) is 22.4 Å². The molecule has 3 N–H and O–H groups in total. The fourth-order valence-electron chi connectivity index (χ4n) is 4.04. The third kappa shape index (κ3) is 5.15. The molecule has 0 aliphatic carbocycles. The average molecular weight is 484 g/mol. The van der Waals surface area contributed by atoms with Gasteiger partial charge in [-0.1, -0.05) is 18.2 Å². The lowest BCUT2D eigenvalue weighted by Crippen LogP contribution is -2.46. The molecular formula is C23H25N5O5S. The van der Waals surface area contributed by atoms with Gasteiger partial charge in [-0.25, -0.2) is 13.5 Å². The average Bonchev–Trinajstić information content (AvgIpc) is 2.81. The van der Waals surface area contributed by atoms with Crippen molar-refractivity contribution < 1.29 is 18.0 Å². The van der Waals surface area contributed by atoms with Gasteiger partial charge in [0.1, 0.15) is 0 Å². The molecule has 2 aromatic carbocycles. The number of nitrogens with zero attached hydrogens (tertiary/aromatic N) is 2. The molecule has 2 heterocycles. The second-order valence-electron chi connectivity index (χ2n) is 8.17. The van der Waals surface area contributed by atoms with Gasteiger partial charge < -0.3 is 10.6 Å². The van der Waals surface area contributed by atoms with E-state index < -0.39 is 10.0 Å². The lowest BCUT2D eigenvalue weighted by molar-refractivity contribution is -0.121. The quantitative estimate of drug-likeness (QED) is 0.484. The molecule has 1 aliphatic heterocycles. The standard InChI is InChI=1S/C23H25N5O5S/c1-15(29)24-16-6-8-18(9-7-16)34(32,33)28-12-10-17(11-13-28)25-22(30)14-21-19-4-2-3-5-20(19)23(31)27-26-21/h2-9,17H,10-14H2,1H3,(H,24,29)(H,25,30)(H,27,31). The van der Waals surface area contributed by atoms with E-state index in [4.69, 9.17) is 0 Å². The maximum atomic E-state index is 13.0. The van der Waals surface area contributed by atoms with Crippen molar-refractivity contribution in [3.63, 3.8) is 0 Å². The topological polar surface area (TPSA) is 141 Å². The highest BCUT2D eigenvalue weighted by atomic mass is 32.2. The Balaban J connectivity index is 1.35. The molecule has 4 rings (SSSR count). The number of H-pyrrole nitrogens is 1. The minimum Gasteiger partial charge on any atom is -0.353 e. The highest BCUT2D eigenvalue weighted by Crippen LogP contribution is 2.22. The summed E-state index contributed by atoms with van der Waals surface area (Å²) in [6.45, 7) is 1.94. The van der Waals surface area contributed by atoms with Gasteiger partial charge in [0.2, 0.25) is 21.8 Å². The fraction of sp³-hybridized carbons (Fsp3) is 0.304. The van der Waals surface area contributed by atoms with E-state index >= 15 is 0 Å². The molecular weight excluding hydrogens is 458 g/mol. The largest absolute Gasteiger partial charge is 0.353 e. The Hall–Kier alpha value is -3.57. The van der Waals surface area contributed by atoms with Crippen LogP contribution in [0.1, 0.15) is 25.5 Å². The summed E-state index contributed by atoms with van der Waals surface area (Å²) in [5.74, 6) is -0.469. The van der Waals surface area contributed by atoms with E-state index in [0.717, 1.165) is 0 Å². The maximum Gasteiger partial charge on any atom is 0.272 e. The van der Waals surface area contributed by atoms with Gasteiger partial charge in [-0.2, -0.15) is 9.40 Å². The molecule has 1 saturated heterocycles. The van der Waals surface area contributed by atoms with Crippen molar-refractivity contribution in [1.29, 1.82) is 0 Å². The van der Waals surface area contributed by atoms with Crippen LogP contribution in [-0.4, -0.2) is 53.9 Å². The normalized spacial score (nSPS) is 15.2. The van der Waals surface area contributed by atoms with Crippen LogP contribution < -0.4 is 16.2 Å². The summed E-state index contributed by atoms with van der Waals surface area (Å²) in [5, 5.41) is 13.1. The number of hydrogen-bond acceptors (Lipinski definition) is 6. The number of fused-ring (bicyclic) bond motifs is 1. The molecule has 0 radical (unpaired) electrons. The SMILES string of the molecule is CC(=O)Nc1ccc(S(=O)(=O)N2CCC(NC(=O)Cc3n[nH]c(=O)c4ccccc34)CC2)cc1. The molecule has 1 aliphatic rings. The predicted molar refractivity (Wildman–Crippen MR) is 127 cm³/mol. The number of nitrogens with one attached hydrogen (secondary N) is 3. The van der Waals surface area contributed by atoms with Gasteiger partial charge >= 0.3 is 0 Å². The number of aromatic amines is 1. The van der Waals surface area contributed by atoms with E-state index in [1.54, 1.807) is 36.4 Å². The minimum atomic E-state index is -3.67. The number of amides is 2. The van der Waals surface area contributed by atoms with Crippen molar-refractivity contribution in [3.8, 4) is 0 Å². The van der Waals surface area contributed by atoms with Gasteiger partial charge in [0, 0.05) is 37.1 Å². The van der Waals surface area contributed by atoms with Crippen molar-refractivity contribution in [3.05, 3.63) is 64.6 Å². The number of carbonyl (C=O) groups is 2. The van der Waals surface area contributed by atoms with E-state index in [9.17, 15) is 22.8 Å². The second-order valence-corrected chi connectivity index (χ2v) is 10.1. The van der Waals surface area contributed by atoms with Crippen LogP contribution in [0.5, 0.6) is 0 Å². The Morgan fingerprint density at radius 3 is 2.35 bits per heavy atom. The van der Waals surface area contributed by atoms with Crippen molar-refractivity contribution in [2.24, 2.45) is 0 Å².